The third-order valence-corrected chi connectivity index (χ3v) is 6.01. The molecule has 6 heteroatoms. The van der Waals surface area contributed by atoms with Crippen LogP contribution in [-0.4, -0.2) is 47.9 Å². The molecule has 2 aromatic rings. The fourth-order valence-electron chi connectivity index (χ4n) is 3.41. The summed E-state index contributed by atoms with van der Waals surface area (Å²) in [6.07, 6.45) is 1.68. The Labute approximate surface area is 164 Å². The lowest BCUT2D eigenvalue weighted by Gasteiger charge is -2.29. The van der Waals surface area contributed by atoms with Gasteiger partial charge in [-0.25, -0.2) is 0 Å². The second-order valence-corrected chi connectivity index (χ2v) is 7.91. The van der Waals surface area contributed by atoms with Crippen LogP contribution in [0.2, 0.25) is 0 Å². The Morgan fingerprint density at radius 2 is 2.11 bits per heavy atom. The first-order chi connectivity index (χ1) is 13.1. The number of piperidine rings is 1. The second kappa shape index (κ2) is 9.15. The van der Waals surface area contributed by atoms with Gasteiger partial charge in [0.25, 0.3) is 0 Å². The van der Waals surface area contributed by atoms with Gasteiger partial charge in [-0.05, 0) is 55.8 Å². The van der Waals surface area contributed by atoms with Crippen LogP contribution in [0.15, 0.2) is 40.9 Å². The molecule has 0 bridgehead atoms. The molecule has 0 saturated carbocycles. The summed E-state index contributed by atoms with van der Waals surface area (Å²) in [5, 5.41) is 15.8. The van der Waals surface area contributed by atoms with E-state index < -0.39 is 5.97 Å². The molecule has 5 nitrogen and oxygen atoms in total. The van der Waals surface area contributed by atoms with Gasteiger partial charge in [-0.15, -0.1) is 11.3 Å². The van der Waals surface area contributed by atoms with Crippen molar-refractivity contribution in [2.24, 2.45) is 11.1 Å². The van der Waals surface area contributed by atoms with Crippen LogP contribution < -0.4 is 0 Å². The van der Waals surface area contributed by atoms with Crippen LogP contribution in [0.25, 0.3) is 0 Å². The van der Waals surface area contributed by atoms with Gasteiger partial charge in [0.2, 0.25) is 0 Å². The number of nitrogens with zero attached hydrogens (tertiary/aromatic N) is 2. The summed E-state index contributed by atoms with van der Waals surface area (Å²) in [7, 11) is 0. The Hall–Kier alpha value is -2.18. The number of benzene rings is 1. The van der Waals surface area contributed by atoms with Crippen molar-refractivity contribution in [1.82, 2.24) is 4.90 Å². The van der Waals surface area contributed by atoms with Gasteiger partial charge in [0.05, 0.1) is 10.8 Å². The van der Waals surface area contributed by atoms with Crippen LogP contribution in [0.4, 0.5) is 0 Å². The van der Waals surface area contributed by atoms with Gasteiger partial charge in [0.15, 0.2) is 0 Å². The van der Waals surface area contributed by atoms with Crippen LogP contribution in [0.5, 0.6) is 0 Å². The zero-order chi connectivity index (χ0) is 19.2. The Balaban J connectivity index is 1.67. The van der Waals surface area contributed by atoms with E-state index in [2.05, 4.69) is 47.5 Å². The predicted molar refractivity (Wildman–Crippen MR) is 109 cm³/mol. The van der Waals surface area contributed by atoms with E-state index in [4.69, 9.17) is 4.84 Å². The first kappa shape index (κ1) is 19.6. The monoisotopic (exact) mass is 386 g/mol. The maximum Gasteiger partial charge on any atom is 0.307 e. The summed E-state index contributed by atoms with van der Waals surface area (Å²) in [5.41, 5.74) is 4.29. The Morgan fingerprint density at radius 1 is 1.30 bits per heavy atom. The molecule has 144 valence electrons. The lowest BCUT2D eigenvalue weighted by atomic mass is 9.98. The standard InChI is InChI=1S/C21H26N2O3S/c1-15-6-3-4-8-18(15)19(20-16(2)9-13-27-20)22-26-12-11-23-10-5-7-17(14-23)21(24)25/h3-4,6,8-9,13,17H,5,7,10-12,14H2,1-2H3,(H,24,25)/b22-19+/t17-/m0/s1. The molecule has 1 aliphatic heterocycles. The predicted octanol–water partition coefficient (Wildman–Crippen LogP) is 3.93. The highest BCUT2D eigenvalue weighted by Gasteiger charge is 2.25. The molecule has 0 radical (unpaired) electrons. The van der Waals surface area contributed by atoms with Crippen molar-refractivity contribution in [3.8, 4) is 0 Å². The molecular formula is C21H26N2O3S. The molecule has 1 saturated heterocycles. The van der Waals surface area contributed by atoms with E-state index in [1.807, 2.05) is 12.1 Å². The third-order valence-electron chi connectivity index (χ3n) is 4.99. The molecule has 0 amide bonds. The van der Waals surface area contributed by atoms with Crippen molar-refractivity contribution in [1.29, 1.82) is 0 Å². The van der Waals surface area contributed by atoms with E-state index in [9.17, 15) is 9.90 Å². The molecule has 2 heterocycles. The number of aryl methyl sites for hydroxylation is 2. The van der Waals surface area contributed by atoms with E-state index in [0.717, 1.165) is 41.1 Å². The smallest absolute Gasteiger partial charge is 0.307 e. The molecule has 0 spiro atoms. The Morgan fingerprint density at radius 3 is 2.81 bits per heavy atom. The number of rotatable bonds is 7. The largest absolute Gasteiger partial charge is 0.481 e. The summed E-state index contributed by atoms with van der Waals surface area (Å²) < 4.78 is 0. The van der Waals surface area contributed by atoms with E-state index >= 15 is 0 Å². The molecule has 1 aliphatic rings. The maximum atomic E-state index is 11.2. The van der Waals surface area contributed by atoms with Crippen LogP contribution >= 0.6 is 11.3 Å². The van der Waals surface area contributed by atoms with Gasteiger partial charge in [-0.3, -0.25) is 9.69 Å². The van der Waals surface area contributed by atoms with E-state index in [0.29, 0.717) is 19.7 Å². The van der Waals surface area contributed by atoms with Crippen molar-refractivity contribution < 1.29 is 14.7 Å². The number of carbonyl (C=O) groups is 1. The summed E-state index contributed by atoms with van der Waals surface area (Å²) >= 11 is 1.66. The van der Waals surface area contributed by atoms with Crippen molar-refractivity contribution in [2.45, 2.75) is 26.7 Å². The number of hydrogen-bond acceptors (Lipinski definition) is 5. The number of thiophene rings is 1. The number of oxime groups is 1. The Kier molecular flexibility index (Phi) is 6.63. The minimum Gasteiger partial charge on any atom is -0.481 e. The van der Waals surface area contributed by atoms with Crippen LogP contribution in [0, 0.1) is 19.8 Å². The third kappa shape index (κ3) is 4.96. The van der Waals surface area contributed by atoms with Gasteiger partial charge in [-0.1, -0.05) is 29.4 Å². The molecular weight excluding hydrogens is 360 g/mol. The highest BCUT2D eigenvalue weighted by molar-refractivity contribution is 7.12. The number of aliphatic carboxylic acids is 1. The first-order valence-corrected chi connectivity index (χ1v) is 10.2. The number of likely N-dealkylation sites (tertiary alicyclic amines) is 1. The van der Waals surface area contributed by atoms with Crippen molar-refractivity contribution >= 4 is 23.0 Å². The Bertz CT molecular complexity index is 815. The summed E-state index contributed by atoms with van der Waals surface area (Å²) in [6.45, 7) is 6.82. The normalized spacial score (nSPS) is 18.4. The number of hydrogen-bond donors (Lipinski definition) is 1. The van der Waals surface area contributed by atoms with Gasteiger partial charge in [0, 0.05) is 18.7 Å². The molecule has 1 fully saturated rings. The number of carboxylic acids is 1. The van der Waals surface area contributed by atoms with Crippen molar-refractivity contribution in [2.75, 3.05) is 26.2 Å². The van der Waals surface area contributed by atoms with Gasteiger partial charge in [-0.2, -0.15) is 0 Å². The van der Waals surface area contributed by atoms with Crippen LogP contribution in [0.1, 0.15) is 34.4 Å². The number of carboxylic acid groups (broad SMARTS) is 1. The van der Waals surface area contributed by atoms with Gasteiger partial charge >= 0.3 is 5.97 Å². The molecule has 1 atom stereocenters. The molecule has 0 aliphatic carbocycles. The summed E-state index contributed by atoms with van der Waals surface area (Å²) in [6, 6.07) is 10.3. The van der Waals surface area contributed by atoms with Crippen LogP contribution in [0.3, 0.4) is 0 Å². The molecule has 1 N–H and O–H groups in total. The van der Waals surface area contributed by atoms with E-state index in [1.54, 1.807) is 11.3 Å². The van der Waals surface area contributed by atoms with Gasteiger partial charge in [0.1, 0.15) is 12.3 Å². The average molecular weight is 387 g/mol. The first-order valence-electron chi connectivity index (χ1n) is 9.32. The quantitative estimate of drug-likeness (QED) is 0.445. The minimum absolute atomic E-state index is 0.265. The van der Waals surface area contributed by atoms with E-state index in [1.165, 1.54) is 5.56 Å². The summed E-state index contributed by atoms with van der Waals surface area (Å²) in [4.78, 5) is 20.2. The molecule has 0 unspecified atom stereocenters. The molecule has 1 aromatic heterocycles. The molecule has 3 rings (SSSR count). The minimum atomic E-state index is -0.700. The lowest BCUT2D eigenvalue weighted by molar-refractivity contribution is -0.143. The topological polar surface area (TPSA) is 62.1 Å². The lowest BCUT2D eigenvalue weighted by Crippen LogP contribution is -2.40. The summed E-state index contributed by atoms with van der Waals surface area (Å²) in [5.74, 6) is -0.966. The fourth-order valence-corrected chi connectivity index (χ4v) is 4.33. The zero-order valence-electron chi connectivity index (χ0n) is 15.9. The zero-order valence-corrected chi connectivity index (χ0v) is 16.7. The van der Waals surface area contributed by atoms with Crippen LogP contribution in [-0.2, 0) is 9.63 Å². The fraction of sp³-hybridized carbons (Fsp3) is 0.429. The second-order valence-electron chi connectivity index (χ2n) is 7.00. The maximum absolute atomic E-state index is 11.2. The van der Waals surface area contributed by atoms with Crippen molar-refractivity contribution in [3.63, 3.8) is 0 Å². The van der Waals surface area contributed by atoms with Gasteiger partial charge < -0.3 is 9.94 Å². The van der Waals surface area contributed by atoms with E-state index in [-0.39, 0.29) is 5.92 Å². The molecule has 27 heavy (non-hydrogen) atoms. The molecule has 1 aromatic carbocycles. The average Bonchev–Trinajstić information content (AvgIpc) is 3.09. The van der Waals surface area contributed by atoms with Crippen molar-refractivity contribution in [3.05, 3.63) is 57.3 Å². The highest BCUT2D eigenvalue weighted by Crippen LogP contribution is 2.23. The highest BCUT2D eigenvalue weighted by atomic mass is 32.1. The SMILES string of the molecule is Cc1ccccc1/C(=N\OCCN1CCC[C@H](C(=O)O)C1)c1sccc1C.